The Morgan fingerprint density at radius 1 is 1.44 bits per heavy atom. The Morgan fingerprint density at radius 3 is 2.78 bits per heavy atom. The third kappa shape index (κ3) is 5.36. The summed E-state index contributed by atoms with van der Waals surface area (Å²) in [5, 5.41) is 8.79. The molecule has 4 heteroatoms. The standard InChI is InChI=1S/C14H27NO3/c1-14(2,18-3)9-11-15-10-5-4-6-12(15)7-8-13(16)17/h12H,4-11H2,1-3H3,(H,16,17). The Morgan fingerprint density at radius 2 is 2.17 bits per heavy atom. The minimum Gasteiger partial charge on any atom is -0.481 e. The number of nitrogens with zero attached hydrogens (tertiary/aromatic N) is 1. The fourth-order valence-corrected chi connectivity index (χ4v) is 2.49. The molecule has 1 unspecified atom stereocenters. The molecular formula is C14H27NO3. The molecule has 1 aliphatic heterocycles. The molecule has 1 aliphatic rings. The number of carboxylic acids is 1. The van der Waals surface area contributed by atoms with Gasteiger partial charge in [0.1, 0.15) is 0 Å². The van der Waals surface area contributed by atoms with Crippen molar-refractivity contribution in [2.45, 2.75) is 64.0 Å². The summed E-state index contributed by atoms with van der Waals surface area (Å²) in [4.78, 5) is 13.1. The zero-order valence-corrected chi connectivity index (χ0v) is 11.9. The van der Waals surface area contributed by atoms with E-state index in [1.165, 1.54) is 12.8 Å². The molecule has 0 bridgehead atoms. The van der Waals surface area contributed by atoms with Crippen LogP contribution in [0.15, 0.2) is 0 Å². The highest BCUT2D eigenvalue weighted by molar-refractivity contribution is 5.66. The maximum atomic E-state index is 10.7. The summed E-state index contributed by atoms with van der Waals surface area (Å²) in [6.07, 6.45) is 5.66. The smallest absolute Gasteiger partial charge is 0.303 e. The minimum absolute atomic E-state index is 0.0885. The van der Waals surface area contributed by atoms with Crippen molar-refractivity contribution in [3.63, 3.8) is 0 Å². The van der Waals surface area contributed by atoms with Gasteiger partial charge in [-0.1, -0.05) is 6.42 Å². The summed E-state index contributed by atoms with van der Waals surface area (Å²) >= 11 is 0. The van der Waals surface area contributed by atoms with Crippen molar-refractivity contribution in [3.8, 4) is 0 Å². The number of piperidine rings is 1. The van der Waals surface area contributed by atoms with Gasteiger partial charge < -0.3 is 14.7 Å². The van der Waals surface area contributed by atoms with E-state index in [9.17, 15) is 4.79 Å². The van der Waals surface area contributed by atoms with Gasteiger partial charge in [-0.2, -0.15) is 0 Å². The molecule has 0 aromatic heterocycles. The lowest BCUT2D eigenvalue weighted by Crippen LogP contribution is -2.42. The average Bonchev–Trinajstić information content (AvgIpc) is 2.35. The lowest BCUT2D eigenvalue weighted by molar-refractivity contribution is -0.137. The molecule has 0 spiro atoms. The maximum Gasteiger partial charge on any atom is 0.303 e. The second kappa shape index (κ2) is 7.10. The predicted octanol–water partition coefficient (Wildman–Crippen LogP) is 2.52. The zero-order valence-electron chi connectivity index (χ0n) is 11.9. The van der Waals surface area contributed by atoms with Crippen LogP contribution in [0.5, 0.6) is 0 Å². The van der Waals surface area contributed by atoms with Crippen LogP contribution in [-0.2, 0) is 9.53 Å². The highest BCUT2D eigenvalue weighted by Gasteiger charge is 2.25. The summed E-state index contributed by atoms with van der Waals surface area (Å²) in [6.45, 7) is 6.31. The highest BCUT2D eigenvalue weighted by Crippen LogP contribution is 2.23. The van der Waals surface area contributed by atoms with Gasteiger partial charge in [0.15, 0.2) is 0 Å². The summed E-state index contributed by atoms with van der Waals surface area (Å²) in [6, 6.07) is 0.447. The van der Waals surface area contributed by atoms with Gasteiger partial charge in [0.05, 0.1) is 5.60 Å². The van der Waals surface area contributed by atoms with E-state index < -0.39 is 5.97 Å². The van der Waals surface area contributed by atoms with Crippen LogP contribution in [0.3, 0.4) is 0 Å². The number of carboxylic acid groups (broad SMARTS) is 1. The number of methoxy groups -OCH3 is 1. The van der Waals surface area contributed by atoms with Gasteiger partial charge in [0.25, 0.3) is 0 Å². The van der Waals surface area contributed by atoms with E-state index in [0.717, 1.165) is 32.4 Å². The van der Waals surface area contributed by atoms with Gasteiger partial charge >= 0.3 is 5.97 Å². The second-order valence-electron chi connectivity index (χ2n) is 5.83. The van der Waals surface area contributed by atoms with Gasteiger partial charge in [0, 0.05) is 26.1 Å². The molecular weight excluding hydrogens is 230 g/mol. The van der Waals surface area contributed by atoms with E-state index in [1.807, 2.05) is 0 Å². The zero-order chi connectivity index (χ0) is 13.6. The molecule has 1 rings (SSSR count). The second-order valence-corrected chi connectivity index (χ2v) is 5.83. The third-order valence-corrected chi connectivity index (χ3v) is 3.99. The fourth-order valence-electron chi connectivity index (χ4n) is 2.49. The largest absolute Gasteiger partial charge is 0.481 e. The minimum atomic E-state index is -0.683. The van der Waals surface area contributed by atoms with Crippen molar-refractivity contribution in [1.29, 1.82) is 0 Å². The monoisotopic (exact) mass is 257 g/mol. The number of carbonyl (C=O) groups is 1. The summed E-state index contributed by atoms with van der Waals surface area (Å²) < 4.78 is 5.44. The lowest BCUT2D eigenvalue weighted by atomic mass is 9.96. The number of rotatable bonds is 7. The van der Waals surface area contributed by atoms with Crippen molar-refractivity contribution in [1.82, 2.24) is 4.90 Å². The number of aliphatic carboxylic acids is 1. The summed E-state index contributed by atoms with van der Waals surface area (Å²) in [7, 11) is 1.75. The molecule has 1 atom stereocenters. The van der Waals surface area contributed by atoms with E-state index in [-0.39, 0.29) is 12.0 Å². The average molecular weight is 257 g/mol. The quantitative estimate of drug-likeness (QED) is 0.761. The molecule has 0 aromatic carbocycles. The molecule has 106 valence electrons. The van der Waals surface area contributed by atoms with E-state index in [1.54, 1.807) is 7.11 Å². The van der Waals surface area contributed by atoms with Crippen LogP contribution in [0.4, 0.5) is 0 Å². The molecule has 0 saturated carbocycles. The van der Waals surface area contributed by atoms with Crippen LogP contribution in [0.25, 0.3) is 0 Å². The fraction of sp³-hybridized carbons (Fsp3) is 0.929. The van der Waals surface area contributed by atoms with Crippen LogP contribution in [0.2, 0.25) is 0 Å². The Labute approximate surface area is 110 Å². The number of likely N-dealkylation sites (tertiary alicyclic amines) is 1. The first-order chi connectivity index (χ1) is 8.44. The lowest BCUT2D eigenvalue weighted by Gasteiger charge is -2.37. The van der Waals surface area contributed by atoms with E-state index >= 15 is 0 Å². The first kappa shape index (κ1) is 15.4. The van der Waals surface area contributed by atoms with Crippen molar-refractivity contribution in [3.05, 3.63) is 0 Å². The third-order valence-electron chi connectivity index (χ3n) is 3.99. The normalized spacial score (nSPS) is 22.1. The Balaban J connectivity index is 2.41. The Kier molecular flexibility index (Phi) is 6.09. The molecule has 4 nitrogen and oxygen atoms in total. The van der Waals surface area contributed by atoms with Crippen LogP contribution in [0, 0.1) is 0 Å². The topological polar surface area (TPSA) is 49.8 Å². The molecule has 18 heavy (non-hydrogen) atoms. The molecule has 1 fully saturated rings. The van der Waals surface area contributed by atoms with E-state index in [0.29, 0.717) is 6.04 Å². The van der Waals surface area contributed by atoms with Crippen LogP contribution in [0.1, 0.15) is 52.4 Å². The van der Waals surface area contributed by atoms with Crippen molar-refractivity contribution in [2.24, 2.45) is 0 Å². The summed E-state index contributed by atoms with van der Waals surface area (Å²) in [5.41, 5.74) is -0.0885. The van der Waals surface area contributed by atoms with E-state index in [4.69, 9.17) is 9.84 Å². The van der Waals surface area contributed by atoms with Crippen molar-refractivity contribution in [2.75, 3.05) is 20.2 Å². The SMILES string of the molecule is COC(C)(C)CCN1CCCCC1CCC(=O)O. The summed E-state index contributed by atoms with van der Waals surface area (Å²) in [5.74, 6) is -0.683. The van der Waals surface area contributed by atoms with Gasteiger partial charge in [0.2, 0.25) is 0 Å². The molecule has 1 saturated heterocycles. The van der Waals surface area contributed by atoms with Gasteiger partial charge in [-0.25, -0.2) is 0 Å². The number of hydrogen-bond acceptors (Lipinski definition) is 3. The number of ether oxygens (including phenoxy) is 1. The predicted molar refractivity (Wildman–Crippen MR) is 71.8 cm³/mol. The molecule has 1 N–H and O–H groups in total. The van der Waals surface area contributed by atoms with Crippen molar-refractivity contribution < 1.29 is 14.6 Å². The Bertz CT molecular complexity index is 266. The molecule has 0 amide bonds. The molecule has 0 radical (unpaired) electrons. The highest BCUT2D eigenvalue weighted by atomic mass is 16.5. The number of hydrogen-bond donors (Lipinski definition) is 1. The van der Waals surface area contributed by atoms with Gasteiger partial charge in [-0.15, -0.1) is 0 Å². The van der Waals surface area contributed by atoms with Gasteiger partial charge in [-0.05, 0) is 46.1 Å². The van der Waals surface area contributed by atoms with E-state index in [2.05, 4.69) is 18.7 Å². The van der Waals surface area contributed by atoms with Gasteiger partial charge in [-0.3, -0.25) is 4.79 Å². The van der Waals surface area contributed by atoms with Crippen LogP contribution >= 0.6 is 0 Å². The Hall–Kier alpha value is -0.610. The first-order valence-electron chi connectivity index (χ1n) is 6.95. The molecule has 0 aromatic rings. The maximum absolute atomic E-state index is 10.7. The van der Waals surface area contributed by atoms with Crippen molar-refractivity contribution >= 4 is 5.97 Å². The van der Waals surface area contributed by atoms with Crippen LogP contribution in [-0.4, -0.2) is 47.8 Å². The first-order valence-corrected chi connectivity index (χ1v) is 6.95. The van der Waals surface area contributed by atoms with Crippen LogP contribution < -0.4 is 0 Å². The molecule has 1 heterocycles. The molecule has 0 aliphatic carbocycles.